The van der Waals surface area contributed by atoms with Crippen LogP contribution < -0.4 is 9.47 Å². The van der Waals surface area contributed by atoms with Gasteiger partial charge in [-0.2, -0.15) is 0 Å². The monoisotopic (exact) mass is 299 g/mol. The summed E-state index contributed by atoms with van der Waals surface area (Å²) in [6, 6.07) is 4.37. The average molecular weight is 299 g/mol. The number of allylic oxidation sites excluding steroid dienone is 2. The van der Waals surface area contributed by atoms with Crippen LogP contribution >= 0.6 is 0 Å². The lowest BCUT2D eigenvalue weighted by Crippen LogP contribution is -2.35. The minimum absolute atomic E-state index is 0.161. The van der Waals surface area contributed by atoms with Gasteiger partial charge in [-0.1, -0.05) is 12.2 Å². The molecule has 3 aliphatic rings. The maximum absolute atomic E-state index is 12.7. The number of rotatable bonds is 2. The van der Waals surface area contributed by atoms with Crippen LogP contribution in [0.1, 0.15) is 30.0 Å². The number of fused-ring (bicyclic) bond motifs is 5. The van der Waals surface area contributed by atoms with Gasteiger partial charge in [-0.3, -0.25) is 4.79 Å². The maximum atomic E-state index is 12.7. The summed E-state index contributed by atoms with van der Waals surface area (Å²) in [6.45, 7) is 0.818. The Morgan fingerprint density at radius 1 is 1.09 bits per heavy atom. The molecule has 0 bridgehead atoms. The summed E-state index contributed by atoms with van der Waals surface area (Å²) < 4.78 is 10.9. The average Bonchev–Trinajstić information content (AvgIpc) is 2.87. The number of amides is 1. The second-order valence-electron chi connectivity index (χ2n) is 6.35. The van der Waals surface area contributed by atoms with Gasteiger partial charge in [0.15, 0.2) is 11.5 Å². The number of nitrogens with zero attached hydrogens (tertiary/aromatic N) is 1. The Morgan fingerprint density at radius 3 is 2.59 bits per heavy atom. The zero-order valence-electron chi connectivity index (χ0n) is 13.0. The summed E-state index contributed by atoms with van der Waals surface area (Å²) >= 11 is 0. The van der Waals surface area contributed by atoms with E-state index in [9.17, 15) is 4.79 Å². The van der Waals surface area contributed by atoms with Crippen LogP contribution in [0.5, 0.6) is 11.5 Å². The number of benzene rings is 1. The summed E-state index contributed by atoms with van der Waals surface area (Å²) in [7, 11) is 3.33. The smallest absolute Gasteiger partial charge is 0.226 e. The summed E-state index contributed by atoms with van der Waals surface area (Å²) in [4.78, 5) is 14.8. The van der Waals surface area contributed by atoms with Gasteiger partial charge in [0, 0.05) is 12.5 Å². The molecule has 1 aromatic rings. The zero-order chi connectivity index (χ0) is 15.3. The van der Waals surface area contributed by atoms with Gasteiger partial charge in [0.25, 0.3) is 0 Å². The third-order valence-electron chi connectivity index (χ3n) is 5.41. The molecule has 0 N–H and O–H groups in total. The van der Waals surface area contributed by atoms with Gasteiger partial charge in [0.05, 0.1) is 20.3 Å². The van der Waals surface area contributed by atoms with Gasteiger partial charge in [-0.05, 0) is 48.4 Å². The van der Waals surface area contributed by atoms with Crippen LogP contribution in [0.15, 0.2) is 24.3 Å². The highest BCUT2D eigenvalue weighted by Crippen LogP contribution is 2.51. The van der Waals surface area contributed by atoms with Crippen molar-refractivity contribution in [3.63, 3.8) is 0 Å². The fourth-order valence-corrected chi connectivity index (χ4v) is 4.37. The van der Waals surface area contributed by atoms with Crippen LogP contribution in [0.2, 0.25) is 0 Å². The second-order valence-corrected chi connectivity index (χ2v) is 6.35. The van der Waals surface area contributed by atoms with E-state index in [-0.39, 0.29) is 12.0 Å². The Bertz CT molecular complexity index is 652. The van der Waals surface area contributed by atoms with Gasteiger partial charge < -0.3 is 14.4 Å². The Kier molecular flexibility index (Phi) is 3.13. The fourth-order valence-electron chi connectivity index (χ4n) is 4.37. The topological polar surface area (TPSA) is 38.8 Å². The molecule has 4 heteroatoms. The van der Waals surface area contributed by atoms with Gasteiger partial charge in [0.2, 0.25) is 5.91 Å². The van der Waals surface area contributed by atoms with Crippen molar-refractivity contribution in [3.8, 4) is 11.5 Å². The minimum Gasteiger partial charge on any atom is -0.493 e. The van der Waals surface area contributed by atoms with Gasteiger partial charge in [0.1, 0.15) is 0 Å². The molecular weight excluding hydrogens is 278 g/mol. The van der Waals surface area contributed by atoms with E-state index in [1.807, 2.05) is 0 Å². The molecule has 0 spiro atoms. The quantitative estimate of drug-likeness (QED) is 0.788. The van der Waals surface area contributed by atoms with E-state index in [1.54, 1.807) is 14.2 Å². The van der Waals surface area contributed by atoms with Crippen molar-refractivity contribution < 1.29 is 14.3 Å². The molecule has 1 aromatic carbocycles. The molecule has 2 aliphatic heterocycles. The van der Waals surface area contributed by atoms with E-state index in [2.05, 4.69) is 29.2 Å². The third kappa shape index (κ3) is 1.79. The van der Waals surface area contributed by atoms with Gasteiger partial charge in [-0.15, -0.1) is 0 Å². The molecule has 1 aliphatic carbocycles. The summed E-state index contributed by atoms with van der Waals surface area (Å²) in [6.07, 6.45) is 7.16. The standard InChI is InChI=1S/C18H21NO3/c1-21-15-9-11-7-8-19-17(14(11)10-16(15)22-2)12-5-3-4-6-13(12)18(19)20/h3-4,9-10,12-13,17H,5-8H2,1-2H3/t12-,13-,17+/m1/s1. The van der Waals surface area contributed by atoms with Crippen LogP contribution in [0, 0.1) is 11.8 Å². The van der Waals surface area contributed by atoms with Crippen molar-refractivity contribution in [2.75, 3.05) is 20.8 Å². The molecular formula is C18H21NO3. The number of carbonyl (C=O) groups is 1. The van der Waals surface area contributed by atoms with E-state index >= 15 is 0 Å². The first-order chi connectivity index (χ1) is 10.7. The summed E-state index contributed by atoms with van der Waals surface area (Å²) in [5.41, 5.74) is 2.54. The molecule has 1 amide bonds. The lowest BCUT2D eigenvalue weighted by atomic mass is 9.78. The third-order valence-corrected chi connectivity index (χ3v) is 5.41. The van der Waals surface area contributed by atoms with Crippen molar-refractivity contribution in [2.45, 2.75) is 25.3 Å². The lowest BCUT2D eigenvalue weighted by Gasteiger charge is -2.35. The number of hydrogen-bond donors (Lipinski definition) is 0. The SMILES string of the molecule is COc1cc2c(cc1OC)[C@@H]1[C@@H]3CC=CC[C@H]3C(=O)N1CC2. The van der Waals surface area contributed by atoms with Crippen LogP contribution in [-0.4, -0.2) is 31.6 Å². The van der Waals surface area contributed by atoms with E-state index in [1.165, 1.54) is 11.1 Å². The van der Waals surface area contributed by atoms with E-state index in [4.69, 9.17) is 9.47 Å². The first-order valence-corrected chi connectivity index (χ1v) is 7.95. The number of ether oxygens (including phenoxy) is 2. The molecule has 0 aromatic heterocycles. The largest absolute Gasteiger partial charge is 0.493 e. The molecule has 1 saturated heterocycles. The molecule has 22 heavy (non-hydrogen) atoms. The van der Waals surface area contributed by atoms with Crippen LogP contribution in [0.4, 0.5) is 0 Å². The molecule has 0 unspecified atom stereocenters. The molecule has 4 nitrogen and oxygen atoms in total. The van der Waals surface area contributed by atoms with Crippen molar-refractivity contribution in [3.05, 3.63) is 35.4 Å². The number of hydrogen-bond acceptors (Lipinski definition) is 3. The highest BCUT2D eigenvalue weighted by molar-refractivity contribution is 5.83. The lowest BCUT2D eigenvalue weighted by molar-refractivity contribution is -0.132. The Labute approximate surface area is 130 Å². The Balaban J connectivity index is 1.82. The van der Waals surface area contributed by atoms with Gasteiger partial charge >= 0.3 is 0 Å². The summed E-state index contributed by atoms with van der Waals surface area (Å²) in [5, 5.41) is 0. The van der Waals surface area contributed by atoms with Gasteiger partial charge in [-0.25, -0.2) is 0 Å². The van der Waals surface area contributed by atoms with Crippen molar-refractivity contribution in [2.24, 2.45) is 11.8 Å². The number of methoxy groups -OCH3 is 2. The highest BCUT2D eigenvalue weighted by Gasteiger charge is 2.50. The fraction of sp³-hybridized carbons (Fsp3) is 0.500. The van der Waals surface area contributed by atoms with Crippen molar-refractivity contribution >= 4 is 5.91 Å². The first-order valence-electron chi connectivity index (χ1n) is 7.95. The van der Waals surface area contributed by atoms with Crippen molar-refractivity contribution in [1.82, 2.24) is 4.90 Å². The molecule has 3 atom stereocenters. The van der Waals surface area contributed by atoms with Crippen LogP contribution in [0.3, 0.4) is 0 Å². The molecule has 4 rings (SSSR count). The van der Waals surface area contributed by atoms with E-state index < -0.39 is 0 Å². The highest BCUT2D eigenvalue weighted by atomic mass is 16.5. The number of carbonyl (C=O) groups excluding carboxylic acids is 1. The first kappa shape index (κ1) is 13.7. The molecule has 0 radical (unpaired) electrons. The Hall–Kier alpha value is -1.97. The maximum Gasteiger partial charge on any atom is 0.226 e. The van der Waals surface area contributed by atoms with Crippen LogP contribution in [0.25, 0.3) is 0 Å². The second kappa shape index (κ2) is 5.04. The predicted octanol–water partition coefficient (Wildman–Crippen LogP) is 2.73. The van der Waals surface area contributed by atoms with E-state index in [0.717, 1.165) is 37.3 Å². The molecule has 116 valence electrons. The van der Waals surface area contributed by atoms with Crippen molar-refractivity contribution in [1.29, 1.82) is 0 Å². The molecule has 1 fully saturated rings. The molecule has 2 heterocycles. The molecule has 0 saturated carbocycles. The normalized spacial score (nSPS) is 28.9. The predicted molar refractivity (Wildman–Crippen MR) is 83.1 cm³/mol. The van der Waals surface area contributed by atoms with E-state index in [0.29, 0.717) is 11.8 Å². The van der Waals surface area contributed by atoms with Crippen LogP contribution in [-0.2, 0) is 11.2 Å². The Morgan fingerprint density at radius 2 is 1.82 bits per heavy atom. The zero-order valence-corrected chi connectivity index (χ0v) is 13.0. The summed E-state index contributed by atoms with van der Waals surface area (Å²) in [5.74, 6) is 2.42. The minimum atomic E-state index is 0.161.